The van der Waals surface area contributed by atoms with E-state index in [-0.39, 0.29) is 5.91 Å². The van der Waals surface area contributed by atoms with Gasteiger partial charge in [0.1, 0.15) is 5.75 Å². The molecule has 2 aromatic carbocycles. The van der Waals surface area contributed by atoms with E-state index in [0.29, 0.717) is 31.1 Å². The lowest BCUT2D eigenvalue weighted by atomic mass is 10.1. The summed E-state index contributed by atoms with van der Waals surface area (Å²) in [6, 6.07) is 15.1. The first kappa shape index (κ1) is 16.3. The predicted octanol–water partition coefficient (Wildman–Crippen LogP) is 3.17. The fourth-order valence-corrected chi connectivity index (χ4v) is 2.78. The molecule has 24 heavy (non-hydrogen) atoms. The van der Waals surface area contributed by atoms with Gasteiger partial charge in [-0.15, -0.1) is 0 Å². The van der Waals surface area contributed by atoms with Crippen molar-refractivity contribution in [3.63, 3.8) is 0 Å². The summed E-state index contributed by atoms with van der Waals surface area (Å²) in [6.07, 6.45) is 0. The number of hydrogen-bond acceptors (Lipinski definition) is 4. The Labute approximate surface area is 142 Å². The minimum absolute atomic E-state index is 0.167. The number of hydrogen-bond donors (Lipinski definition) is 1. The van der Waals surface area contributed by atoms with Crippen molar-refractivity contribution in [3.8, 4) is 5.75 Å². The third-order valence-corrected chi connectivity index (χ3v) is 3.94. The molecule has 0 radical (unpaired) electrons. The van der Waals surface area contributed by atoms with E-state index in [1.807, 2.05) is 49.4 Å². The summed E-state index contributed by atoms with van der Waals surface area (Å²) < 4.78 is 11.0. The highest BCUT2D eigenvalue weighted by Crippen LogP contribution is 2.28. The maximum atomic E-state index is 12.7. The summed E-state index contributed by atoms with van der Waals surface area (Å²) in [4.78, 5) is 14.9. The summed E-state index contributed by atoms with van der Waals surface area (Å²) in [5.74, 6) is 0.432. The van der Waals surface area contributed by atoms with Crippen LogP contribution < -0.4 is 15.0 Å². The van der Waals surface area contributed by atoms with Crippen LogP contribution in [0.4, 0.5) is 11.4 Å². The van der Waals surface area contributed by atoms with Crippen molar-refractivity contribution in [1.29, 1.82) is 0 Å². The van der Waals surface area contributed by atoms with Gasteiger partial charge in [0.2, 0.25) is 0 Å². The van der Waals surface area contributed by atoms with E-state index in [9.17, 15) is 4.79 Å². The Kier molecular flexibility index (Phi) is 5.33. The van der Waals surface area contributed by atoms with Crippen molar-refractivity contribution in [2.24, 2.45) is 0 Å². The second-order valence-corrected chi connectivity index (χ2v) is 5.50. The first-order chi connectivity index (χ1) is 11.8. The largest absolute Gasteiger partial charge is 0.493 e. The number of nitrogens with zero attached hydrogens (tertiary/aromatic N) is 1. The highest BCUT2D eigenvalue weighted by Gasteiger charge is 2.17. The van der Waals surface area contributed by atoms with Crippen LogP contribution in [0, 0.1) is 0 Å². The topological polar surface area (TPSA) is 50.8 Å². The van der Waals surface area contributed by atoms with Gasteiger partial charge in [-0.1, -0.05) is 24.3 Å². The fourth-order valence-electron chi connectivity index (χ4n) is 2.78. The van der Waals surface area contributed by atoms with E-state index in [1.54, 1.807) is 6.07 Å². The molecule has 2 aromatic rings. The molecule has 1 aliphatic rings. The van der Waals surface area contributed by atoms with Crippen molar-refractivity contribution < 1.29 is 14.3 Å². The molecular weight excluding hydrogens is 304 g/mol. The Hall–Kier alpha value is -2.53. The van der Waals surface area contributed by atoms with Gasteiger partial charge >= 0.3 is 0 Å². The number of ether oxygens (including phenoxy) is 2. The van der Waals surface area contributed by atoms with Gasteiger partial charge in [0.05, 0.1) is 36.8 Å². The Morgan fingerprint density at radius 1 is 1.12 bits per heavy atom. The molecule has 1 heterocycles. The third-order valence-electron chi connectivity index (χ3n) is 3.94. The Morgan fingerprint density at radius 2 is 1.83 bits per heavy atom. The van der Waals surface area contributed by atoms with Crippen LogP contribution in [-0.4, -0.2) is 38.8 Å². The molecule has 1 aliphatic heterocycles. The summed E-state index contributed by atoms with van der Waals surface area (Å²) in [7, 11) is 0. The van der Waals surface area contributed by atoms with E-state index >= 15 is 0 Å². The van der Waals surface area contributed by atoms with Gasteiger partial charge < -0.3 is 19.7 Å². The van der Waals surface area contributed by atoms with E-state index < -0.39 is 0 Å². The lowest BCUT2D eigenvalue weighted by molar-refractivity contribution is 0.102. The molecule has 1 amide bonds. The molecule has 1 N–H and O–H groups in total. The molecule has 5 nitrogen and oxygen atoms in total. The Bertz CT molecular complexity index is 697. The molecule has 0 aromatic heterocycles. The molecule has 1 fully saturated rings. The van der Waals surface area contributed by atoms with Gasteiger partial charge in [0.25, 0.3) is 5.91 Å². The monoisotopic (exact) mass is 326 g/mol. The zero-order valence-electron chi connectivity index (χ0n) is 13.8. The average Bonchev–Trinajstić information content (AvgIpc) is 2.63. The third kappa shape index (κ3) is 3.68. The molecule has 5 heteroatoms. The minimum Gasteiger partial charge on any atom is -0.493 e. The van der Waals surface area contributed by atoms with Gasteiger partial charge in [0, 0.05) is 13.1 Å². The van der Waals surface area contributed by atoms with Crippen LogP contribution in [0.1, 0.15) is 17.3 Å². The number of nitrogens with one attached hydrogen (secondary N) is 1. The van der Waals surface area contributed by atoms with E-state index in [4.69, 9.17) is 9.47 Å². The zero-order chi connectivity index (χ0) is 16.8. The summed E-state index contributed by atoms with van der Waals surface area (Å²) in [6.45, 7) is 5.48. The number of anilines is 2. The van der Waals surface area contributed by atoms with Crippen molar-refractivity contribution in [1.82, 2.24) is 0 Å². The molecular formula is C19H22N2O3. The maximum absolute atomic E-state index is 12.7. The van der Waals surface area contributed by atoms with E-state index in [2.05, 4.69) is 10.2 Å². The van der Waals surface area contributed by atoms with Crippen molar-refractivity contribution in [3.05, 3.63) is 54.1 Å². The molecule has 0 bridgehead atoms. The second kappa shape index (κ2) is 7.84. The zero-order valence-corrected chi connectivity index (χ0v) is 13.8. The maximum Gasteiger partial charge on any atom is 0.259 e. The van der Waals surface area contributed by atoms with E-state index in [1.165, 1.54) is 0 Å². The number of amides is 1. The fraction of sp³-hybridized carbons (Fsp3) is 0.316. The number of rotatable bonds is 5. The molecule has 0 spiro atoms. The Balaban J connectivity index is 1.82. The molecule has 1 saturated heterocycles. The van der Waals surface area contributed by atoms with Crippen LogP contribution in [0.25, 0.3) is 0 Å². The smallest absolute Gasteiger partial charge is 0.259 e. The molecule has 0 aliphatic carbocycles. The van der Waals surface area contributed by atoms with Gasteiger partial charge in [-0.05, 0) is 31.2 Å². The number of benzene rings is 2. The summed E-state index contributed by atoms with van der Waals surface area (Å²) in [5, 5.41) is 3.02. The molecule has 0 unspecified atom stereocenters. The first-order valence-electron chi connectivity index (χ1n) is 8.24. The standard InChI is InChI=1S/C19H22N2O3/c1-2-24-18-10-6-3-7-15(18)19(22)20-16-8-4-5-9-17(16)21-11-13-23-14-12-21/h3-10H,2,11-14H2,1H3,(H,20,22). The lowest BCUT2D eigenvalue weighted by Crippen LogP contribution is -2.36. The molecule has 0 saturated carbocycles. The van der Waals surface area contributed by atoms with Crippen LogP contribution in [0.5, 0.6) is 5.75 Å². The predicted molar refractivity (Wildman–Crippen MR) is 95.0 cm³/mol. The number of carbonyl (C=O) groups is 1. The minimum atomic E-state index is -0.167. The normalized spacial score (nSPS) is 14.3. The quantitative estimate of drug-likeness (QED) is 0.917. The summed E-state index contributed by atoms with van der Waals surface area (Å²) in [5.41, 5.74) is 2.36. The van der Waals surface area contributed by atoms with Crippen LogP contribution in [0.2, 0.25) is 0 Å². The van der Waals surface area contributed by atoms with Crippen molar-refractivity contribution in [2.75, 3.05) is 43.1 Å². The number of carbonyl (C=O) groups excluding carboxylic acids is 1. The van der Waals surface area contributed by atoms with Crippen LogP contribution in [0.3, 0.4) is 0 Å². The molecule has 0 atom stereocenters. The van der Waals surface area contributed by atoms with Crippen molar-refractivity contribution in [2.45, 2.75) is 6.92 Å². The van der Waals surface area contributed by atoms with Gasteiger partial charge in [0.15, 0.2) is 0 Å². The van der Waals surface area contributed by atoms with Crippen LogP contribution in [0.15, 0.2) is 48.5 Å². The van der Waals surface area contributed by atoms with Gasteiger partial charge in [-0.25, -0.2) is 0 Å². The lowest BCUT2D eigenvalue weighted by Gasteiger charge is -2.30. The summed E-state index contributed by atoms with van der Waals surface area (Å²) >= 11 is 0. The SMILES string of the molecule is CCOc1ccccc1C(=O)Nc1ccccc1N1CCOCC1. The first-order valence-corrected chi connectivity index (χ1v) is 8.24. The molecule has 3 rings (SSSR count). The molecule has 126 valence electrons. The average molecular weight is 326 g/mol. The highest BCUT2D eigenvalue weighted by molar-refractivity contribution is 6.07. The number of morpholine rings is 1. The van der Waals surface area contributed by atoms with Gasteiger partial charge in [-0.2, -0.15) is 0 Å². The highest BCUT2D eigenvalue weighted by atomic mass is 16.5. The Morgan fingerprint density at radius 3 is 2.62 bits per heavy atom. The van der Waals surface area contributed by atoms with Crippen molar-refractivity contribution >= 4 is 17.3 Å². The van der Waals surface area contributed by atoms with E-state index in [0.717, 1.165) is 24.5 Å². The number of para-hydroxylation sites is 3. The van der Waals surface area contributed by atoms with Crippen LogP contribution in [-0.2, 0) is 4.74 Å². The van der Waals surface area contributed by atoms with Crippen LogP contribution >= 0.6 is 0 Å². The van der Waals surface area contributed by atoms with Gasteiger partial charge in [-0.3, -0.25) is 4.79 Å². The second-order valence-electron chi connectivity index (χ2n) is 5.50.